The lowest BCUT2D eigenvalue weighted by Crippen LogP contribution is -2.20. The van der Waals surface area contributed by atoms with Gasteiger partial charge in [0.15, 0.2) is 0 Å². The predicted molar refractivity (Wildman–Crippen MR) is 94.8 cm³/mol. The van der Waals surface area contributed by atoms with Gasteiger partial charge in [0.05, 0.1) is 10.7 Å². The second-order valence-electron chi connectivity index (χ2n) is 5.58. The average molecular weight is 379 g/mol. The molecule has 0 heterocycles. The standard InChI is InChI=1S/C17H26BrClFN/c1-3-5-7-9-14(10-8-6-4-2)21-17-15(18)11-13(20)12-16(17)19/h11-12,14,21H,3-10H2,1-2H3. The molecule has 1 aromatic rings. The van der Waals surface area contributed by atoms with E-state index >= 15 is 0 Å². The van der Waals surface area contributed by atoms with Crippen molar-refractivity contribution in [1.82, 2.24) is 0 Å². The highest BCUT2D eigenvalue weighted by molar-refractivity contribution is 9.10. The Hall–Kier alpha value is -0.280. The van der Waals surface area contributed by atoms with Gasteiger partial charge >= 0.3 is 0 Å². The van der Waals surface area contributed by atoms with E-state index in [1.165, 1.54) is 50.7 Å². The van der Waals surface area contributed by atoms with Crippen LogP contribution < -0.4 is 5.32 Å². The molecular formula is C17H26BrClFN. The summed E-state index contributed by atoms with van der Waals surface area (Å²) in [4.78, 5) is 0. The zero-order valence-corrected chi connectivity index (χ0v) is 15.4. The SMILES string of the molecule is CCCCCC(CCCCC)Nc1c(Cl)cc(F)cc1Br. The first-order valence-corrected chi connectivity index (χ1v) is 9.16. The van der Waals surface area contributed by atoms with E-state index in [0.29, 0.717) is 15.5 Å². The van der Waals surface area contributed by atoms with Crippen molar-refractivity contribution in [2.75, 3.05) is 5.32 Å². The van der Waals surface area contributed by atoms with Crippen LogP contribution in [0.1, 0.15) is 65.2 Å². The van der Waals surface area contributed by atoms with Crippen molar-refractivity contribution in [3.8, 4) is 0 Å². The number of unbranched alkanes of at least 4 members (excludes halogenated alkanes) is 4. The third-order valence-electron chi connectivity index (χ3n) is 3.67. The van der Waals surface area contributed by atoms with E-state index in [0.717, 1.165) is 18.5 Å². The Balaban J connectivity index is 2.69. The number of hydrogen-bond donors (Lipinski definition) is 1. The monoisotopic (exact) mass is 377 g/mol. The smallest absolute Gasteiger partial charge is 0.125 e. The molecule has 120 valence electrons. The molecule has 21 heavy (non-hydrogen) atoms. The molecule has 0 aliphatic heterocycles. The predicted octanol–water partition coefficient (Wildman–Crippen LogP) is 7.18. The van der Waals surface area contributed by atoms with Crippen LogP contribution in [-0.2, 0) is 0 Å². The van der Waals surface area contributed by atoms with Crippen LogP contribution in [0.2, 0.25) is 5.02 Å². The van der Waals surface area contributed by atoms with E-state index < -0.39 is 0 Å². The fourth-order valence-electron chi connectivity index (χ4n) is 2.45. The summed E-state index contributed by atoms with van der Waals surface area (Å²) in [6, 6.07) is 3.23. The maximum Gasteiger partial charge on any atom is 0.125 e. The van der Waals surface area contributed by atoms with Crippen molar-refractivity contribution in [3.63, 3.8) is 0 Å². The van der Waals surface area contributed by atoms with E-state index in [4.69, 9.17) is 11.6 Å². The number of rotatable bonds is 10. The summed E-state index contributed by atoms with van der Waals surface area (Å²) in [7, 11) is 0. The Labute approximate surface area is 141 Å². The summed E-state index contributed by atoms with van der Waals surface area (Å²) in [5.74, 6) is -0.314. The first-order valence-electron chi connectivity index (χ1n) is 7.99. The van der Waals surface area contributed by atoms with E-state index in [1.54, 1.807) is 0 Å². The van der Waals surface area contributed by atoms with Crippen molar-refractivity contribution in [1.29, 1.82) is 0 Å². The largest absolute Gasteiger partial charge is 0.380 e. The van der Waals surface area contributed by atoms with Gasteiger partial charge in [0.1, 0.15) is 5.82 Å². The van der Waals surface area contributed by atoms with E-state index in [1.807, 2.05) is 0 Å². The molecule has 1 N–H and O–H groups in total. The molecule has 0 aliphatic carbocycles. The normalized spacial score (nSPS) is 11.1. The zero-order chi connectivity index (χ0) is 15.7. The first kappa shape index (κ1) is 18.8. The molecule has 0 saturated heterocycles. The van der Waals surface area contributed by atoms with Gasteiger partial charge in [-0.3, -0.25) is 0 Å². The molecule has 4 heteroatoms. The quantitative estimate of drug-likeness (QED) is 0.425. The van der Waals surface area contributed by atoms with Crippen LogP contribution in [0.4, 0.5) is 10.1 Å². The number of hydrogen-bond acceptors (Lipinski definition) is 1. The average Bonchev–Trinajstić information content (AvgIpc) is 2.42. The van der Waals surface area contributed by atoms with Crippen LogP contribution in [-0.4, -0.2) is 6.04 Å². The molecule has 0 fully saturated rings. The second-order valence-corrected chi connectivity index (χ2v) is 6.84. The van der Waals surface area contributed by atoms with Crippen LogP contribution >= 0.6 is 27.5 Å². The summed E-state index contributed by atoms with van der Waals surface area (Å²) in [5, 5.41) is 3.96. The van der Waals surface area contributed by atoms with Gasteiger partial charge in [-0.05, 0) is 40.9 Å². The molecular weight excluding hydrogens is 353 g/mol. The molecule has 1 rings (SSSR count). The van der Waals surface area contributed by atoms with Crippen LogP contribution in [0, 0.1) is 5.82 Å². The second kappa shape index (κ2) is 10.4. The molecule has 0 amide bonds. The highest BCUT2D eigenvalue weighted by atomic mass is 79.9. The lowest BCUT2D eigenvalue weighted by Gasteiger charge is -2.22. The van der Waals surface area contributed by atoms with Gasteiger partial charge in [0.25, 0.3) is 0 Å². The van der Waals surface area contributed by atoms with E-state index in [2.05, 4.69) is 35.1 Å². The minimum absolute atomic E-state index is 0.314. The summed E-state index contributed by atoms with van der Waals surface area (Å²) < 4.78 is 14.0. The Bertz CT molecular complexity index is 392. The van der Waals surface area contributed by atoms with Gasteiger partial charge in [-0.25, -0.2) is 4.39 Å². The minimum Gasteiger partial charge on any atom is -0.380 e. The summed E-state index contributed by atoms with van der Waals surface area (Å²) >= 11 is 9.57. The number of benzene rings is 1. The van der Waals surface area contributed by atoms with Gasteiger partial charge in [-0.1, -0.05) is 64.0 Å². The highest BCUT2D eigenvalue weighted by Gasteiger charge is 2.13. The zero-order valence-electron chi connectivity index (χ0n) is 13.0. The van der Waals surface area contributed by atoms with Gasteiger partial charge in [-0.2, -0.15) is 0 Å². The topological polar surface area (TPSA) is 12.0 Å². The third-order valence-corrected chi connectivity index (χ3v) is 4.59. The molecule has 0 aliphatic rings. The maximum absolute atomic E-state index is 13.3. The Morgan fingerprint density at radius 1 is 1.10 bits per heavy atom. The highest BCUT2D eigenvalue weighted by Crippen LogP contribution is 2.33. The Morgan fingerprint density at radius 3 is 2.14 bits per heavy atom. The van der Waals surface area contributed by atoms with Crippen molar-refractivity contribution < 1.29 is 4.39 Å². The number of halogens is 3. The van der Waals surface area contributed by atoms with Crippen LogP contribution in [0.25, 0.3) is 0 Å². The van der Waals surface area contributed by atoms with E-state index in [-0.39, 0.29) is 5.82 Å². The Kier molecular flexibility index (Phi) is 9.34. The molecule has 0 unspecified atom stereocenters. The van der Waals surface area contributed by atoms with Crippen LogP contribution in [0.15, 0.2) is 16.6 Å². The lowest BCUT2D eigenvalue weighted by atomic mass is 10.0. The van der Waals surface area contributed by atoms with Gasteiger partial charge in [-0.15, -0.1) is 0 Å². The third kappa shape index (κ3) is 7.01. The van der Waals surface area contributed by atoms with E-state index in [9.17, 15) is 4.39 Å². The summed E-state index contributed by atoms with van der Waals surface area (Å²) in [6.45, 7) is 4.43. The van der Waals surface area contributed by atoms with Crippen LogP contribution in [0.5, 0.6) is 0 Å². The fraction of sp³-hybridized carbons (Fsp3) is 0.647. The molecule has 0 radical (unpaired) electrons. The van der Waals surface area contributed by atoms with Gasteiger partial charge < -0.3 is 5.32 Å². The molecule has 1 aromatic carbocycles. The molecule has 0 atom stereocenters. The Morgan fingerprint density at radius 2 is 1.67 bits per heavy atom. The van der Waals surface area contributed by atoms with Crippen molar-refractivity contribution in [3.05, 3.63) is 27.4 Å². The van der Waals surface area contributed by atoms with Gasteiger partial charge in [0, 0.05) is 10.5 Å². The molecule has 1 nitrogen and oxygen atoms in total. The van der Waals surface area contributed by atoms with Gasteiger partial charge in [0.2, 0.25) is 0 Å². The molecule has 0 spiro atoms. The number of anilines is 1. The van der Waals surface area contributed by atoms with Crippen molar-refractivity contribution in [2.24, 2.45) is 0 Å². The fourth-order valence-corrected chi connectivity index (χ4v) is 3.38. The van der Waals surface area contributed by atoms with Crippen molar-refractivity contribution in [2.45, 2.75) is 71.3 Å². The van der Waals surface area contributed by atoms with Crippen LogP contribution in [0.3, 0.4) is 0 Å². The summed E-state index contributed by atoms with van der Waals surface area (Å²) in [6.07, 6.45) is 9.67. The van der Waals surface area contributed by atoms with Crippen molar-refractivity contribution >= 4 is 33.2 Å². The minimum atomic E-state index is -0.314. The lowest BCUT2D eigenvalue weighted by molar-refractivity contribution is 0.526. The summed E-state index contributed by atoms with van der Waals surface area (Å²) in [5.41, 5.74) is 0.816. The maximum atomic E-state index is 13.3. The molecule has 0 saturated carbocycles. The molecule has 0 bridgehead atoms. The number of nitrogens with one attached hydrogen (secondary N) is 1. The molecule has 0 aromatic heterocycles. The first-order chi connectivity index (χ1) is 10.1.